The maximum atomic E-state index is 12.4. The van der Waals surface area contributed by atoms with Crippen LogP contribution in [0.4, 0.5) is 5.82 Å². The molecule has 6 nitrogen and oxygen atoms in total. The highest BCUT2D eigenvalue weighted by molar-refractivity contribution is 5.87. The summed E-state index contributed by atoms with van der Waals surface area (Å²) in [6, 6.07) is 2.01. The van der Waals surface area contributed by atoms with Crippen LogP contribution in [0.25, 0.3) is 11.0 Å². The number of carbonyl (C=O) groups is 1. The molecule has 4 rings (SSSR count). The van der Waals surface area contributed by atoms with E-state index in [0.29, 0.717) is 5.92 Å². The Morgan fingerprint density at radius 3 is 3.21 bits per heavy atom. The Morgan fingerprint density at radius 2 is 2.42 bits per heavy atom. The van der Waals surface area contributed by atoms with E-state index in [4.69, 9.17) is 6.42 Å². The van der Waals surface area contributed by atoms with E-state index < -0.39 is 0 Å². The van der Waals surface area contributed by atoms with Gasteiger partial charge < -0.3 is 14.8 Å². The molecule has 2 fully saturated rings. The van der Waals surface area contributed by atoms with E-state index in [1.165, 1.54) is 0 Å². The number of amides is 1. The number of fused-ring (bicyclic) bond motifs is 1. The van der Waals surface area contributed by atoms with E-state index >= 15 is 0 Å². The minimum atomic E-state index is -0.111. The molecule has 1 amide bonds. The van der Waals surface area contributed by atoms with Crippen LogP contribution < -0.4 is 4.90 Å². The van der Waals surface area contributed by atoms with Crippen molar-refractivity contribution in [1.29, 1.82) is 0 Å². The van der Waals surface area contributed by atoms with Crippen LogP contribution in [-0.2, 0) is 4.79 Å². The van der Waals surface area contributed by atoms with Crippen LogP contribution in [0, 0.1) is 18.3 Å². The van der Waals surface area contributed by atoms with Gasteiger partial charge in [0.05, 0.1) is 17.3 Å². The zero-order valence-corrected chi connectivity index (χ0v) is 13.8. The van der Waals surface area contributed by atoms with Crippen molar-refractivity contribution in [2.75, 3.05) is 24.5 Å². The molecule has 0 bridgehead atoms. The van der Waals surface area contributed by atoms with E-state index in [1.54, 1.807) is 6.33 Å². The summed E-state index contributed by atoms with van der Waals surface area (Å²) >= 11 is 0. The maximum Gasteiger partial charge on any atom is 0.235 e. The molecule has 0 aromatic carbocycles. The molecule has 2 aliphatic heterocycles. The quantitative estimate of drug-likeness (QED) is 0.856. The molecule has 2 aromatic heterocycles. The molecular weight excluding hydrogens is 302 g/mol. The summed E-state index contributed by atoms with van der Waals surface area (Å²) in [5, 5.41) is 1.03. The maximum absolute atomic E-state index is 12.4. The number of carbonyl (C=O) groups excluding carboxylic acids is 1. The lowest BCUT2D eigenvalue weighted by molar-refractivity contribution is -0.156. The van der Waals surface area contributed by atoms with Gasteiger partial charge in [0.2, 0.25) is 5.91 Å². The molecule has 2 aromatic rings. The van der Waals surface area contributed by atoms with Gasteiger partial charge in [-0.15, -0.1) is 6.42 Å². The van der Waals surface area contributed by atoms with Crippen LogP contribution in [0.5, 0.6) is 0 Å². The Balaban J connectivity index is 1.65. The minimum absolute atomic E-state index is 0.0759. The SMILES string of the molecule is C#CCC(=O)N1C[C@@H](C)[C@@]12CCCN(c1ncnc3[nH]ccc13)C2. The van der Waals surface area contributed by atoms with Crippen molar-refractivity contribution < 1.29 is 4.79 Å². The zero-order valence-electron chi connectivity index (χ0n) is 13.8. The lowest BCUT2D eigenvalue weighted by Gasteiger charge is -2.61. The molecule has 0 radical (unpaired) electrons. The number of rotatable bonds is 2. The van der Waals surface area contributed by atoms with Crippen molar-refractivity contribution in [3.63, 3.8) is 0 Å². The lowest BCUT2D eigenvalue weighted by atomic mass is 9.69. The molecule has 24 heavy (non-hydrogen) atoms. The van der Waals surface area contributed by atoms with Crippen LogP contribution in [-0.4, -0.2) is 50.9 Å². The van der Waals surface area contributed by atoms with Gasteiger partial charge >= 0.3 is 0 Å². The van der Waals surface area contributed by atoms with E-state index in [-0.39, 0.29) is 17.9 Å². The van der Waals surface area contributed by atoms with Crippen molar-refractivity contribution in [3.05, 3.63) is 18.6 Å². The van der Waals surface area contributed by atoms with Gasteiger partial charge in [-0.1, -0.05) is 12.8 Å². The Bertz CT molecular complexity index is 822. The van der Waals surface area contributed by atoms with Crippen LogP contribution >= 0.6 is 0 Å². The third-order valence-electron chi connectivity index (χ3n) is 5.60. The number of aromatic amines is 1. The highest BCUT2D eigenvalue weighted by Crippen LogP contribution is 2.44. The highest BCUT2D eigenvalue weighted by Gasteiger charge is 2.54. The van der Waals surface area contributed by atoms with Gasteiger partial charge in [-0.25, -0.2) is 9.97 Å². The number of terminal acetylenes is 1. The first-order valence-corrected chi connectivity index (χ1v) is 8.43. The second-order valence-corrected chi connectivity index (χ2v) is 6.85. The first-order valence-electron chi connectivity index (χ1n) is 8.43. The summed E-state index contributed by atoms with van der Waals surface area (Å²) in [6.07, 6.45) is 11.1. The number of nitrogens with zero attached hydrogens (tertiary/aromatic N) is 4. The molecular formula is C18H21N5O. The van der Waals surface area contributed by atoms with Crippen molar-refractivity contribution in [1.82, 2.24) is 19.9 Å². The highest BCUT2D eigenvalue weighted by atomic mass is 16.2. The number of likely N-dealkylation sites (tertiary alicyclic amines) is 1. The van der Waals surface area contributed by atoms with Gasteiger partial charge in [-0.2, -0.15) is 0 Å². The Labute approximate surface area is 141 Å². The van der Waals surface area contributed by atoms with Gasteiger partial charge in [0, 0.05) is 25.8 Å². The smallest absolute Gasteiger partial charge is 0.235 e. The summed E-state index contributed by atoms with van der Waals surface area (Å²) in [5.41, 5.74) is 0.737. The summed E-state index contributed by atoms with van der Waals surface area (Å²) in [7, 11) is 0. The third kappa shape index (κ3) is 2.08. The predicted molar refractivity (Wildman–Crippen MR) is 92.4 cm³/mol. The number of hydrogen-bond donors (Lipinski definition) is 1. The average Bonchev–Trinajstić information content (AvgIpc) is 3.08. The minimum Gasteiger partial charge on any atom is -0.354 e. The fourth-order valence-corrected chi connectivity index (χ4v) is 4.29. The molecule has 2 atom stereocenters. The predicted octanol–water partition coefficient (Wildman–Crippen LogP) is 1.80. The number of hydrogen-bond acceptors (Lipinski definition) is 4. The van der Waals surface area contributed by atoms with E-state index in [9.17, 15) is 4.79 Å². The molecule has 2 saturated heterocycles. The fourth-order valence-electron chi connectivity index (χ4n) is 4.29. The molecule has 2 aliphatic rings. The monoisotopic (exact) mass is 323 g/mol. The summed E-state index contributed by atoms with van der Waals surface area (Å²) in [6.45, 7) is 4.79. The third-order valence-corrected chi connectivity index (χ3v) is 5.60. The fraction of sp³-hybridized carbons (Fsp3) is 0.500. The largest absolute Gasteiger partial charge is 0.354 e. The van der Waals surface area contributed by atoms with Gasteiger partial charge in [0.25, 0.3) is 0 Å². The van der Waals surface area contributed by atoms with Gasteiger partial charge in [-0.05, 0) is 24.8 Å². The number of piperidine rings is 1. The van der Waals surface area contributed by atoms with E-state index in [1.807, 2.05) is 17.2 Å². The standard InChI is InChI=1S/C18H21N5O/c1-3-5-15(24)23-10-13(2)18(23)7-4-9-22(11-18)17-14-6-8-19-16(14)20-12-21-17/h1,6,8,12-13H,4-5,7,9-11H2,2H3,(H,19,20,21)/t13-,18+/m1/s1. The molecule has 0 saturated carbocycles. The summed E-state index contributed by atoms with van der Waals surface area (Å²) in [5.74, 6) is 3.99. The molecule has 0 aliphatic carbocycles. The van der Waals surface area contributed by atoms with Crippen molar-refractivity contribution in [2.45, 2.75) is 31.7 Å². The number of H-pyrrole nitrogens is 1. The topological polar surface area (TPSA) is 65.1 Å². The second-order valence-electron chi connectivity index (χ2n) is 6.85. The molecule has 6 heteroatoms. The summed E-state index contributed by atoms with van der Waals surface area (Å²) in [4.78, 5) is 28.6. The average molecular weight is 323 g/mol. The molecule has 0 unspecified atom stereocenters. The van der Waals surface area contributed by atoms with Crippen LogP contribution in [0.3, 0.4) is 0 Å². The van der Waals surface area contributed by atoms with Crippen LogP contribution in [0.1, 0.15) is 26.2 Å². The second kappa shape index (κ2) is 5.52. The number of nitrogens with one attached hydrogen (secondary N) is 1. The van der Waals surface area contributed by atoms with Gasteiger partial charge in [-0.3, -0.25) is 4.79 Å². The van der Waals surface area contributed by atoms with E-state index in [2.05, 4.69) is 32.7 Å². The number of aromatic nitrogens is 3. The Morgan fingerprint density at radius 1 is 1.54 bits per heavy atom. The van der Waals surface area contributed by atoms with Crippen molar-refractivity contribution in [3.8, 4) is 12.3 Å². The molecule has 1 spiro atoms. The summed E-state index contributed by atoms with van der Waals surface area (Å²) < 4.78 is 0. The van der Waals surface area contributed by atoms with Crippen molar-refractivity contribution >= 4 is 22.8 Å². The Kier molecular flexibility index (Phi) is 3.45. The zero-order chi connectivity index (χ0) is 16.7. The normalized spacial score (nSPS) is 26.4. The van der Waals surface area contributed by atoms with Gasteiger partial charge in [0.1, 0.15) is 17.8 Å². The van der Waals surface area contributed by atoms with Crippen LogP contribution in [0.2, 0.25) is 0 Å². The molecule has 4 heterocycles. The molecule has 1 N–H and O–H groups in total. The van der Waals surface area contributed by atoms with Crippen LogP contribution in [0.15, 0.2) is 18.6 Å². The Hall–Kier alpha value is -2.55. The van der Waals surface area contributed by atoms with Crippen molar-refractivity contribution in [2.24, 2.45) is 5.92 Å². The first-order chi connectivity index (χ1) is 11.7. The molecule has 124 valence electrons. The van der Waals surface area contributed by atoms with Gasteiger partial charge in [0.15, 0.2) is 0 Å². The first kappa shape index (κ1) is 15.0. The van der Waals surface area contributed by atoms with E-state index in [0.717, 1.165) is 49.3 Å². The lowest BCUT2D eigenvalue weighted by Crippen LogP contribution is -2.73. The number of anilines is 1.